The number of nitro groups is 1. The molecule has 11 heteroatoms. The molecule has 3 aromatic heterocycles. The van der Waals surface area contributed by atoms with Crippen molar-refractivity contribution in [2.75, 3.05) is 5.32 Å². The molecule has 1 N–H and O–H groups in total. The van der Waals surface area contributed by atoms with Crippen molar-refractivity contribution in [1.82, 2.24) is 14.8 Å². The average Bonchev–Trinajstić information content (AvgIpc) is 3.18. The molecule has 0 bridgehead atoms. The Labute approximate surface area is 161 Å². The second-order valence-electron chi connectivity index (χ2n) is 5.32. The molecule has 0 unspecified atom stereocenters. The normalized spacial score (nSPS) is 10.7. The third-order valence-corrected chi connectivity index (χ3v) is 4.88. The third kappa shape index (κ3) is 4.01. The highest BCUT2D eigenvalue weighted by Gasteiger charge is 2.17. The highest BCUT2D eigenvalue weighted by Crippen LogP contribution is 2.24. The topological polar surface area (TPSA) is 103 Å². The number of rotatable bonds is 5. The molecule has 26 heavy (non-hydrogen) atoms. The predicted octanol–water partition coefficient (Wildman–Crippen LogP) is 4.16. The van der Waals surface area contributed by atoms with Gasteiger partial charge in [0.05, 0.1) is 38.3 Å². The number of hydrogen-bond donors (Lipinski definition) is 1. The number of pyridine rings is 1. The van der Waals surface area contributed by atoms with Crippen LogP contribution in [0.4, 0.5) is 11.6 Å². The molecule has 8 nitrogen and oxygen atoms in total. The molecule has 3 rings (SSSR count). The van der Waals surface area contributed by atoms with E-state index in [4.69, 9.17) is 23.2 Å². The second-order valence-corrected chi connectivity index (χ2v) is 7.07. The number of nitrogens with one attached hydrogen (secondary N) is 1. The Balaban J connectivity index is 1.73. The van der Waals surface area contributed by atoms with Crippen molar-refractivity contribution in [3.05, 3.63) is 66.1 Å². The van der Waals surface area contributed by atoms with Crippen LogP contribution < -0.4 is 5.32 Å². The van der Waals surface area contributed by atoms with E-state index in [9.17, 15) is 14.9 Å². The summed E-state index contributed by atoms with van der Waals surface area (Å²) in [5, 5.41) is 19.7. The molecule has 0 radical (unpaired) electrons. The fourth-order valence-electron chi connectivity index (χ4n) is 2.17. The summed E-state index contributed by atoms with van der Waals surface area (Å²) in [6.45, 7) is 2.05. The first-order chi connectivity index (χ1) is 12.3. The molecule has 0 aliphatic rings. The summed E-state index contributed by atoms with van der Waals surface area (Å²) < 4.78 is 1.51. The van der Waals surface area contributed by atoms with Gasteiger partial charge in [-0.25, -0.2) is 4.98 Å². The van der Waals surface area contributed by atoms with E-state index in [1.54, 1.807) is 18.4 Å². The van der Waals surface area contributed by atoms with E-state index in [0.29, 0.717) is 22.1 Å². The summed E-state index contributed by atoms with van der Waals surface area (Å²) in [6.07, 6.45) is 1.39. The van der Waals surface area contributed by atoms with Crippen LogP contribution in [0.2, 0.25) is 10.0 Å². The number of thiophene rings is 1. The summed E-state index contributed by atoms with van der Waals surface area (Å²) in [6, 6.07) is 4.57. The maximum absolute atomic E-state index is 12.3. The fraction of sp³-hybridized carbons (Fsp3) is 0.133. The van der Waals surface area contributed by atoms with Crippen LogP contribution in [0.1, 0.15) is 20.9 Å². The molecule has 0 fully saturated rings. The van der Waals surface area contributed by atoms with Gasteiger partial charge in [0, 0.05) is 6.20 Å². The first-order valence-corrected chi connectivity index (χ1v) is 8.85. The van der Waals surface area contributed by atoms with Crippen molar-refractivity contribution < 1.29 is 9.72 Å². The second kappa shape index (κ2) is 7.40. The van der Waals surface area contributed by atoms with Gasteiger partial charge in [-0.3, -0.25) is 4.79 Å². The molecular weight excluding hydrogens is 401 g/mol. The number of aryl methyl sites for hydroxylation is 1. The summed E-state index contributed by atoms with van der Waals surface area (Å²) in [4.78, 5) is 27.0. The number of nitrogens with zero attached hydrogens (tertiary/aromatic N) is 4. The summed E-state index contributed by atoms with van der Waals surface area (Å²) in [5.41, 5.74) is 1.46. The van der Waals surface area contributed by atoms with E-state index >= 15 is 0 Å². The molecule has 1 amide bonds. The molecule has 0 saturated carbocycles. The molecule has 0 spiro atoms. The van der Waals surface area contributed by atoms with Gasteiger partial charge in [0.25, 0.3) is 5.91 Å². The lowest BCUT2D eigenvalue weighted by atomic mass is 10.3. The van der Waals surface area contributed by atoms with Crippen LogP contribution >= 0.6 is 34.5 Å². The SMILES string of the molecule is Cc1cc([N+](=O)[O-])nn1Cc1csc(C(=O)Nc2ncc(Cl)cc2Cl)c1. The smallest absolute Gasteiger partial charge is 0.358 e. The van der Waals surface area contributed by atoms with Crippen molar-refractivity contribution in [1.29, 1.82) is 0 Å². The quantitative estimate of drug-likeness (QED) is 0.501. The number of carbonyl (C=O) groups is 1. The van der Waals surface area contributed by atoms with Gasteiger partial charge in [-0.05, 0) is 34.9 Å². The molecule has 3 aromatic rings. The van der Waals surface area contributed by atoms with E-state index in [1.807, 2.05) is 0 Å². The van der Waals surface area contributed by atoms with Gasteiger partial charge >= 0.3 is 5.82 Å². The Hall–Kier alpha value is -2.49. The van der Waals surface area contributed by atoms with Gasteiger partial charge in [0.2, 0.25) is 0 Å². The first-order valence-electron chi connectivity index (χ1n) is 7.22. The monoisotopic (exact) mass is 411 g/mol. The Morgan fingerprint density at radius 3 is 2.81 bits per heavy atom. The lowest BCUT2D eigenvalue weighted by molar-refractivity contribution is -0.389. The van der Waals surface area contributed by atoms with Crippen molar-refractivity contribution in [2.24, 2.45) is 0 Å². The lowest BCUT2D eigenvalue weighted by Crippen LogP contribution is -2.12. The Kier molecular flexibility index (Phi) is 5.21. The van der Waals surface area contributed by atoms with Gasteiger partial charge in [-0.15, -0.1) is 11.3 Å². The van der Waals surface area contributed by atoms with Crippen LogP contribution in [0.25, 0.3) is 0 Å². The van der Waals surface area contributed by atoms with Crippen molar-refractivity contribution in [3.8, 4) is 0 Å². The van der Waals surface area contributed by atoms with Gasteiger partial charge < -0.3 is 15.4 Å². The van der Waals surface area contributed by atoms with E-state index in [-0.39, 0.29) is 22.6 Å². The van der Waals surface area contributed by atoms with Crippen LogP contribution in [-0.4, -0.2) is 25.6 Å². The fourth-order valence-corrected chi connectivity index (χ4v) is 3.39. The van der Waals surface area contributed by atoms with E-state index < -0.39 is 4.92 Å². The standard InChI is InChI=1S/C15H11Cl2N5O3S/c1-8-2-13(22(24)25)20-21(8)6-9-3-12(26-7-9)15(23)19-14-11(17)4-10(16)5-18-14/h2-5,7H,6H2,1H3,(H,18,19,23). The Morgan fingerprint density at radius 2 is 2.15 bits per heavy atom. The van der Waals surface area contributed by atoms with Crippen LogP contribution in [0.3, 0.4) is 0 Å². The number of amides is 1. The summed E-state index contributed by atoms with van der Waals surface area (Å²) in [7, 11) is 0. The molecule has 0 atom stereocenters. The van der Waals surface area contributed by atoms with Crippen LogP contribution in [-0.2, 0) is 6.54 Å². The number of anilines is 1. The zero-order valence-corrected chi connectivity index (χ0v) is 15.6. The first kappa shape index (κ1) is 18.3. The molecule has 3 heterocycles. The average molecular weight is 412 g/mol. The molecule has 0 aromatic carbocycles. The van der Waals surface area contributed by atoms with Crippen molar-refractivity contribution in [2.45, 2.75) is 13.5 Å². The van der Waals surface area contributed by atoms with Gasteiger partial charge in [0.1, 0.15) is 0 Å². The molecule has 134 valence electrons. The minimum absolute atomic E-state index is 0.209. The summed E-state index contributed by atoms with van der Waals surface area (Å²) >= 11 is 13.0. The van der Waals surface area contributed by atoms with Crippen molar-refractivity contribution in [3.63, 3.8) is 0 Å². The van der Waals surface area contributed by atoms with Crippen LogP contribution in [0.15, 0.2) is 29.8 Å². The van der Waals surface area contributed by atoms with Crippen LogP contribution in [0.5, 0.6) is 0 Å². The number of aromatic nitrogens is 3. The minimum Gasteiger partial charge on any atom is -0.358 e. The minimum atomic E-state index is -0.543. The summed E-state index contributed by atoms with van der Waals surface area (Å²) in [5.74, 6) is -0.352. The highest BCUT2D eigenvalue weighted by atomic mass is 35.5. The van der Waals surface area contributed by atoms with Gasteiger partial charge in [0.15, 0.2) is 5.82 Å². The lowest BCUT2D eigenvalue weighted by Gasteiger charge is -2.04. The van der Waals surface area contributed by atoms with Crippen LogP contribution in [0, 0.1) is 17.0 Å². The van der Waals surface area contributed by atoms with E-state index in [1.165, 1.54) is 34.3 Å². The molecule has 0 saturated heterocycles. The Morgan fingerprint density at radius 1 is 1.38 bits per heavy atom. The molecule has 0 aliphatic heterocycles. The molecular formula is C15H11Cl2N5O3S. The third-order valence-electron chi connectivity index (χ3n) is 3.40. The highest BCUT2D eigenvalue weighted by molar-refractivity contribution is 7.12. The van der Waals surface area contributed by atoms with E-state index in [0.717, 1.165) is 5.56 Å². The van der Waals surface area contributed by atoms with E-state index in [2.05, 4.69) is 15.4 Å². The maximum Gasteiger partial charge on any atom is 0.390 e. The maximum atomic E-state index is 12.3. The number of hydrogen-bond acceptors (Lipinski definition) is 6. The van der Waals surface area contributed by atoms with Crippen molar-refractivity contribution >= 4 is 52.1 Å². The zero-order valence-electron chi connectivity index (χ0n) is 13.3. The number of halogens is 2. The van der Waals surface area contributed by atoms with Gasteiger partial charge in [-0.1, -0.05) is 23.2 Å². The largest absolute Gasteiger partial charge is 0.390 e. The number of carbonyl (C=O) groups excluding carboxylic acids is 1. The predicted molar refractivity (Wildman–Crippen MR) is 99.2 cm³/mol. The zero-order chi connectivity index (χ0) is 18.8. The molecule has 0 aliphatic carbocycles. The van der Waals surface area contributed by atoms with Gasteiger partial charge in [-0.2, -0.15) is 4.68 Å². The Bertz CT molecular complexity index is 1000.